The first kappa shape index (κ1) is 22.5. The molecule has 11 heteroatoms. The third-order valence-electron chi connectivity index (χ3n) is 6.39. The average Bonchev–Trinajstić information content (AvgIpc) is 2.94. The van der Waals surface area contributed by atoms with E-state index >= 15 is 0 Å². The molecular formula is C23H25N5O5S. The fourth-order valence-corrected chi connectivity index (χ4v) is 5.71. The molecule has 0 unspecified atom stereocenters. The topological polar surface area (TPSA) is 148 Å². The Morgan fingerprint density at radius 2 is 2.00 bits per heavy atom. The Morgan fingerprint density at radius 1 is 1.21 bits per heavy atom. The molecule has 4 N–H and O–H groups in total. The lowest BCUT2D eigenvalue weighted by molar-refractivity contribution is -0.0979. The molecule has 0 spiro atoms. The molecule has 2 aliphatic rings. The molecule has 178 valence electrons. The number of fused-ring (bicyclic) bond motifs is 2. The number of aromatic nitrogens is 2. The minimum absolute atomic E-state index is 0.0558. The number of nitrogens with zero attached hydrogens (tertiary/aromatic N) is 3. The van der Waals surface area contributed by atoms with Gasteiger partial charge in [0.2, 0.25) is 5.95 Å². The van der Waals surface area contributed by atoms with Crippen LogP contribution in [0.4, 0.5) is 11.8 Å². The molecule has 0 radical (unpaired) electrons. The van der Waals surface area contributed by atoms with Crippen molar-refractivity contribution in [1.82, 2.24) is 9.97 Å². The number of rotatable bonds is 6. The highest BCUT2D eigenvalue weighted by atomic mass is 32.2. The second kappa shape index (κ2) is 8.49. The van der Waals surface area contributed by atoms with E-state index < -0.39 is 15.8 Å². The Morgan fingerprint density at radius 3 is 2.71 bits per heavy atom. The number of carbonyl (C=O) groups is 1. The largest absolute Gasteiger partial charge is 0.478 e. The predicted octanol–water partition coefficient (Wildman–Crippen LogP) is 1.51. The van der Waals surface area contributed by atoms with Gasteiger partial charge in [-0.25, -0.2) is 18.2 Å². The van der Waals surface area contributed by atoms with Crippen LogP contribution in [-0.2, 0) is 21.1 Å². The molecule has 34 heavy (non-hydrogen) atoms. The third kappa shape index (κ3) is 4.06. The van der Waals surface area contributed by atoms with E-state index in [4.69, 9.17) is 15.5 Å². The number of hydrogen-bond acceptors (Lipinski definition) is 9. The van der Waals surface area contributed by atoms with Gasteiger partial charge in [-0.1, -0.05) is 18.2 Å². The summed E-state index contributed by atoms with van der Waals surface area (Å²) in [5.41, 5.74) is 7.11. The molecule has 0 atom stereocenters. The van der Waals surface area contributed by atoms with E-state index in [0.29, 0.717) is 66.0 Å². The number of anilines is 2. The van der Waals surface area contributed by atoms with Crippen LogP contribution in [-0.4, -0.2) is 68.1 Å². The van der Waals surface area contributed by atoms with Gasteiger partial charge in [-0.15, -0.1) is 0 Å². The standard InChI is InChI=1S/C23H25N5O5S/c24-11-23(13-33-14-23)12-25-20-17-9-15(21(29)30)5-6-18(17)26-22(27-20)28-7-8-34(31,32)19-4-2-1-3-16(19)10-28/h1-6,9H,7-8,10-14,24H2,(H,29,30)(H,25,26,27). The van der Waals surface area contributed by atoms with Crippen LogP contribution in [0.15, 0.2) is 47.4 Å². The van der Waals surface area contributed by atoms with Crippen LogP contribution in [0.25, 0.3) is 10.9 Å². The van der Waals surface area contributed by atoms with Gasteiger partial charge >= 0.3 is 5.97 Å². The summed E-state index contributed by atoms with van der Waals surface area (Å²) in [5, 5.41) is 13.3. The van der Waals surface area contributed by atoms with Crippen LogP contribution in [0.3, 0.4) is 0 Å². The van der Waals surface area contributed by atoms with E-state index in [2.05, 4.69) is 10.3 Å². The van der Waals surface area contributed by atoms with Gasteiger partial charge in [0, 0.05) is 37.0 Å². The molecule has 0 saturated carbocycles. The Balaban J connectivity index is 1.56. The minimum Gasteiger partial charge on any atom is -0.478 e. The Hall–Kier alpha value is -3.28. The number of aromatic carboxylic acids is 1. The smallest absolute Gasteiger partial charge is 0.335 e. The van der Waals surface area contributed by atoms with E-state index in [-0.39, 0.29) is 23.3 Å². The number of carboxylic acids is 1. The molecule has 0 bridgehead atoms. The van der Waals surface area contributed by atoms with E-state index in [0.717, 1.165) is 0 Å². The lowest BCUT2D eigenvalue weighted by Gasteiger charge is -2.40. The van der Waals surface area contributed by atoms with Crippen LogP contribution < -0.4 is 16.0 Å². The molecule has 10 nitrogen and oxygen atoms in total. The maximum Gasteiger partial charge on any atom is 0.335 e. The van der Waals surface area contributed by atoms with Gasteiger partial charge < -0.3 is 25.8 Å². The molecule has 2 aromatic carbocycles. The highest BCUT2D eigenvalue weighted by Crippen LogP contribution is 2.31. The van der Waals surface area contributed by atoms with Crippen molar-refractivity contribution in [2.24, 2.45) is 11.1 Å². The van der Waals surface area contributed by atoms with Crippen LogP contribution in [0.5, 0.6) is 0 Å². The van der Waals surface area contributed by atoms with Crippen molar-refractivity contribution < 1.29 is 23.1 Å². The summed E-state index contributed by atoms with van der Waals surface area (Å²) < 4.78 is 30.9. The highest BCUT2D eigenvalue weighted by molar-refractivity contribution is 7.91. The van der Waals surface area contributed by atoms with Crippen molar-refractivity contribution in [3.63, 3.8) is 0 Å². The first-order valence-corrected chi connectivity index (χ1v) is 12.6. The zero-order valence-corrected chi connectivity index (χ0v) is 19.2. The van der Waals surface area contributed by atoms with Gasteiger partial charge in [-0.05, 0) is 29.8 Å². The summed E-state index contributed by atoms with van der Waals surface area (Å²) >= 11 is 0. The maximum atomic E-state index is 12.8. The zero-order valence-electron chi connectivity index (χ0n) is 18.4. The van der Waals surface area contributed by atoms with E-state index in [1.165, 1.54) is 6.07 Å². The number of benzene rings is 2. The van der Waals surface area contributed by atoms with Gasteiger partial charge in [0.1, 0.15) is 5.82 Å². The summed E-state index contributed by atoms with van der Waals surface area (Å²) in [5.74, 6) is -0.253. The van der Waals surface area contributed by atoms with Gasteiger partial charge in [-0.2, -0.15) is 4.98 Å². The minimum atomic E-state index is -3.42. The number of hydrogen-bond donors (Lipinski definition) is 3. The summed E-state index contributed by atoms with van der Waals surface area (Å²) in [6.45, 7) is 2.59. The molecule has 1 aromatic heterocycles. The normalized spacial score (nSPS) is 18.6. The SMILES string of the molecule is NCC1(CNc2nc(N3CCS(=O)(=O)c4ccccc4C3)nc3ccc(C(=O)O)cc23)COC1. The molecule has 0 amide bonds. The molecule has 1 fully saturated rings. The number of nitrogens with one attached hydrogen (secondary N) is 1. The highest BCUT2D eigenvalue weighted by Gasteiger charge is 2.37. The predicted molar refractivity (Wildman–Crippen MR) is 127 cm³/mol. The second-order valence-electron chi connectivity index (χ2n) is 8.81. The number of nitrogens with two attached hydrogens (primary N) is 1. The van der Waals surface area contributed by atoms with E-state index in [1.54, 1.807) is 30.3 Å². The van der Waals surface area contributed by atoms with Crippen molar-refractivity contribution in [1.29, 1.82) is 0 Å². The maximum absolute atomic E-state index is 12.8. The quantitative estimate of drug-likeness (QED) is 0.471. The monoisotopic (exact) mass is 483 g/mol. The number of carboxylic acid groups (broad SMARTS) is 1. The summed E-state index contributed by atoms with van der Waals surface area (Å²) in [4.78, 5) is 23.1. The molecule has 3 aromatic rings. The summed E-state index contributed by atoms with van der Waals surface area (Å²) in [6.07, 6.45) is 0. The molecule has 1 saturated heterocycles. The van der Waals surface area contributed by atoms with Crippen molar-refractivity contribution >= 4 is 38.5 Å². The molecule has 3 heterocycles. The fraction of sp³-hybridized carbons (Fsp3) is 0.348. The van der Waals surface area contributed by atoms with Crippen molar-refractivity contribution in [2.75, 3.05) is 48.8 Å². The molecule has 5 rings (SSSR count). The lowest BCUT2D eigenvalue weighted by Crippen LogP contribution is -2.52. The van der Waals surface area contributed by atoms with Gasteiger partial charge in [0.05, 0.1) is 34.9 Å². The first-order valence-electron chi connectivity index (χ1n) is 10.9. The number of ether oxygens (including phenoxy) is 1. The summed E-state index contributed by atoms with van der Waals surface area (Å²) in [6, 6.07) is 11.6. The van der Waals surface area contributed by atoms with E-state index in [1.807, 2.05) is 11.0 Å². The van der Waals surface area contributed by atoms with Gasteiger partial charge in [0.25, 0.3) is 0 Å². The molecule has 2 aliphatic heterocycles. The Labute approximate surface area is 196 Å². The van der Waals surface area contributed by atoms with Crippen molar-refractivity contribution in [3.05, 3.63) is 53.6 Å². The van der Waals surface area contributed by atoms with Crippen LogP contribution in [0, 0.1) is 5.41 Å². The molecular weight excluding hydrogens is 458 g/mol. The fourth-order valence-electron chi connectivity index (χ4n) is 4.21. The Bertz CT molecular complexity index is 1370. The zero-order chi connectivity index (χ0) is 23.9. The van der Waals surface area contributed by atoms with Gasteiger partial charge in [-0.3, -0.25) is 0 Å². The van der Waals surface area contributed by atoms with Crippen LogP contribution in [0.1, 0.15) is 15.9 Å². The Kier molecular flexibility index (Phi) is 5.62. The van der Waals surface area contributed by atoms with Crippen LogP contribution in [0.2, 0.25) is 0 Å². The average molecular weight is 484 g/mol. The molecule has 0 aliphatic carbocycles. The number of sulfone groups is 1. The second-order valence-corrected chi connectivity index (χ2v) is 10.9. The van der Waals surface area contributed by atoms with Crippen molar-refractivity contribution in [2.45, 2.75) is 11.4 Å². The summed E-state index contributed by atoms with van der Waals surface area (Å²) in [7, 11) is -3.42. The van der Waals surface area contributed by atoms with Gasteiger partial charge in [0.15, 0.2) is 9.84 Å². The van der Waals surface area contributed by atoms with Crippen molar-refractivity contribution in [3.8, 4) is 0 Å². The lowest BCUT2D eigenvalue weighted by atomic mass is 9.86. The third-order valence-corrected chi connectivity index (χ3v) is 8.18. The van der Waals surface area contributed by atoms with Crippen LogP contribution >= 0.6 is 0 Å². The first-order chi connectivity index (χ1) is 16.3. The van der Waals surface area contributed by atoms with E-state index in [9.17, 15) is 18.3 Å².